The Kier molecular flexibility index (Phi) is 4.54. The minimum atomic E-state index is 0.190. The average Bonchev–Trinajstić information content (AvgIpc) is 2.30. The molecule has 118 valence electrons. The van der Waals surface area contributed by atoms with Crippen LogP contribution >= 0.6 is 0 Å². The summed E-state index contributed by atoms with van der Waals surface area (Å²) in [7, 11) is 0. The number of rotatable bonds is 4. The van der Waals surface area contributed by atoms with Gasteiger partial charge in [0.1, 0.15) is 0 Å². The Morgan fingerprint density at radius 1 is 1.14 bits per heavy atom. The summed E-state index contributed by atoms with van der Waals surface area (Å²) >= 11 is 0. The smallest absolute Gasteiger partial charge is 0.00968 e. The molecule has 1 aromatic carbocycles. The SMILES string of the molecule is Cc1ccc(C2(CNC(C)(C)C)CC(C(C)C)C2)cc1C. The van der Waals surface area contributed by atoms with Crippen LogP contribution in [0, 0.1) is 25.7 Å². The fourth-order valence-corrected chi connectivity index (χ4v) is 3.40. The van der Waals surface area contributed by atoms with Crippen molar-refractivity contribution in [2.75, 3.05) is 6.54 Å². The molecule has 0 amide bonds. The van der Waals surface area contributed by atoms with Crippen LogP contribution in [0.1, 0.15) is 64.2 Å². The molecule has 1 heteroatoms. The topological polar surface area (TPSA) is 12.0 Å². The van der Waals surface area contributed by atoms with Gasteiger partial charge in [0, 0.05) is 17.5 Å². The summed E-state index contributed by atoms with van der Waals surface area (Å²) < 4.78 is 0. The Morgan fingerprint density at radius 2 is 1.76 bits per heavy atom. The van der Waals surface area contributed by atoms with Gasteiger partial charge in [0.2, 0.25) is 0 Å². The molecule has 0 heterocycles. The first-order valence-electron chi connectivity index (χ1n) is 8.46. The first kappa shape index (κ1) is 16.5. The Balaban J connectivity index is 2.22. The lowest BCUT2D eigenvalue weighted by atomic mass is 9.55. The van der Waals surface area contributed by atoms with Crippen LogP contribution in [0.2, 0.25) is 0 Å². The van der Waals surface area contributed by atoms with Gasteiger partial charge < -0.3 is 5.32 Å². The molecule has 1 aliphatic rings. The fourth-order valence-electron chi connectivity index (χ4n) is 3.40. The summed E-state index contributed by atoms with van der Waals surface area (Å²) in [4.78, 5) is 0. The number of benzene rings is 1. The molecule has 0 atom stereocenters. The first-order valence-corrected chi connectivity index (χ1v) is 8.46. The van der Waals surface area contributed by atoms with Crippen LogP contribution in [-0.2, 0) is 5.41 Å². The molecular weight excluding hydrogens is 254 g/mol. The highest BCUT2D eigenvalue weighted by Crippen LogP contribution is 2.50. The Labute approximate surface area is 131 Å². The van der Waals surface area contributed by atoms with Crippen molar-refractivity contribution in [1.29, 1.82) is 0 Å². The largest absolute Gasteiger partial charge is 0.311 e. The van der Waals surface area contributed by atoms with Crippen molar-refractivity contribution in [3.05, 3.63) is 34.9 Å². The molecule has 0 aliphatic heterocycles. The number of hydrogen-bond donors (Lipinski definition) is 1. The first-order chi connectivity index (χ1) is 9.63. The lowest BCUT2D eigenvalue weighted by molar-refractivity contribution is 0.0912. The molecule has 0 bridgehead atoms. The Morgan fingerprint density at radius 3 is 2.24 bits per heavy atom. The van der Waals surface area contributed by atoms with E-state index in [2.05, 4.69) is 72.0 Å². The van der Waals surface area contributed by atoms with E-state index in [9.17, 15) is 0 Å². The van der Waals surface area contributed by atoms with E-state index in [0.717, 1.165) is 18.4 Å². The van der Waals surface area contributed by atoms with Gasteiger partial charge in [-0.25, -0.2) is 0 Å². The van der Waals surface area contributed by atoms with Gasteiger partial charge in [0.05, 0.1) is 0 Å². The van der Waals surface area contributed by atoms with E-state index >= 15 is 0 Å². The summed E-state index contributed by atoms with van der Waals surface area (Å²) in [5, 5.41) is 3.76. The molecule has 0 aromatic heterocycles. The molecule has 0 unspecified atom stereocenters. The average molecular weight is 287 g/mol. The highest BCUT2D eigenvalue weighted by Gasteiger charge is 2.46. The van der Waals surface area contributed by atoms with Crippen LogP contribution in [0.25, 0.3) is 0 Å². The lowest BCUT2D eigenvalue weighted by Crippen LogP contribution is -2.53. The summed E-state index contributed by atoms with van der Waals surface area (Å²) in [5.74, 6) is 1.69. The molecule has 0 radical (unpaired) electrons. The zero-order valence-corrected chi connectivity index (χ0v) is 15.0. The maximum atomic E-state index is 3.76. The summed E-state index contributed by atoms with van der Waals surface area (Å²) in [6.45, 7) is 17.1. The predicted octanol–water partition coefficient (Wildman–Crippen LogP) is 5.00. The third-order valence-corrected chi connectivity index (χ3v) is 5.33. The molecule has 0 spiro atoms. The molecule has 2 rings (SSSR count). The highest BCUT2D eigenvalue weighted by atomic mass is 15.0. The quantitative estimate of drug-likeness (QED) is 0.822. The van der Waals surface area contributed by atoms with Crippen molar-refractivity contribution in [3.63, 3.8) is 0 Å². The molecule has 21 heavy (non-hydrogen) atoms. The third-order valence-electron chi connectivity index (χ3n) is 5.33. The predicted molar refractivity (Wildman–Crippen MR) is 92.9 cm³/mol. The monoisotopic (exact) mass is 287 g/mol. The lowest BCUT2D eigenvalue weighted by Gasteiger charge is -2.51. The van der Waals surface area contributed by atoms with Crippen molar-refractivity contribution in [2.45, 2.75) is 72.3 Å². The minimum Gasteiger partial charge on any atom is -0.311 e. The molecule has 1 saturated carbocycles. The summed E-state index contributed by atoms with van der Waals surface area (Å²) in [6, 6.07) is 7.09. The molecule has 1 fully saturated rings. The molecule has 1 aliphatic carbocycles. The van der Waals surface area contributed by atoms with Gasteiger partial charge in [-0.15, -0.1) is 0 Å². The van der Waals surface area contributed by atoms with Gasteiger partial charge in [-0.2, -0.15) is 0 Å². The second-order valence-electron chi connectivity index (χ2n) is 8.60. The molecule has 1 nitrogen and oxygen atoms in total. The minimum absolute atomic E-state index is 0.190. The van der Waals surface area contributed by atoms with E-state index in [-0.39, 0.29) is 5.54 Å². The highest BCUT2D eigenvalue weighted by molar-refractivity contribution is 5.37. The zero-order valence-electron chi connectivity index (χ0n) is 15.0. The Bertz CT molecular complexity index is 487. The maximum absolute atomic E-state index is 3.76. The van der Waals surface area contributed by atoms with E-state index in [4.69, 9.17) is 0 Å². The van der Waals surface area contributed by atoms with Gasteiger partial charge in [0.25, 0.3) is 0 Å². The van der Waals surface area contributed by atoms with E-state index in [1.165, 1.54) is 24.0 Å². The number of aryl methyl sites for hydroxylation is 2. The van der Waals surface area contributed by atoms with Gasteiger partial charge in [0.15, 0.2) is 0 Å². The van der Waals surface area contributed by atoms with Crippen LogP contribution in [0.4, 0.5) is 0 Å². The van der Waals surface area contributed by atoms with Crippen LogP contribution < -0.4 is 5.32 Å². The summed E-state index contributed by atoms with van der Waals surface area (Å²) in [5.41, 5.74) is 4.91. The second kappa shape index (κ2) is 5.76. The normalized spacial score (nSPS) is 26.0. The van der Waals surface area contributed by atoms with Gasteiger partial charge >= 0.3 is 0 Å². The number of hydrogen-bond acceptors (Lipinski definition) is 1. The van der Waals surface area contributed by atoms with Crippen LogP contribution in [0.15, 0.2) is 18.2 Å². The Hall–Kier alpha value is -0.820. The van der Waals surface area contributed by atoms with E-state index < -0.39 is 0 Å². The van der Waals surface area contributed by atoms with E-state index in [1.807, 2.05) is 0 Å². The maximum Gasteiger partial charge on any atom is 0.00968 e. The van der Waals surface area contributed by atoms with Gasteiger partial charge in [-0.3, -0.25) is 0 Å². The standard InChI is InChI=1S/C20H33N/c1-14(2)17-11-20(12-17,13-21-19(5,6)7)18-9-8-15(3)16(4)10-18/h8-10,14,17,21H,11-13H2,1-7H3. The van der Waals surface area contributed by atoms with E-state index in [0.29, 0.717) is 5.41 Å². The van der Waals surface area contributed by atoms with Crippen molar-refractivity contribution in [2.24, 2.45) is 11.8 Å². The van der Waals surface area contributed by atoms with Crippen molar-refractivity contribution < 1.29 is 0 Å². The van der Waals surface area contributed by atoms with Crippen molar-refractivity contribution in [1.82, 2.24) is 5.32 Å². The molecule has 1 aromatic rings. The second-order valence-corrected chi connectivity index (χ2v) is 8.60. The molecule has 1 N–H and O–H groups in total. The third kappa shape index (κ3) is 3.69. The van der Waals surface area contributed by atoms with Crippen LogP contribution in [-0.4, -0.2) is 12.1 Å². The summed E-state index contributed by atoms with van der Waals surface area (Å²) in [6.07, 6.45) is 2.66. The number of nitrogens with one attached hydrogen (secondary N) is 1. The van der Waals surface area contributed by atoms with Gasteiger partial charge in [-0.05, 0) is 76.0 Å². The fraction of sp³-hybridized carbons (Fsp3) is 0.700. The molecule has 0 saturated heterocycles. The zero-order chi connectivity index (χ0) is 15.8. The van der Waals surface area contributed by atoms with Crippen LogP contribution in [0.5, 0.6) is 0 Å². The van der Waals surface area contributed by atoms with Crippen molar-refractivity contribution in [3.8, 4) is 0 Å². The van der Waals surface area contributed by atoms with Crippen LogP contribution in [0.3, 0.4) is 0 Å². The van der Waals surface area contributed by atoms with Crippen molar-refractivity contribution >= 4 is 0 Å². The van der Waals surface area contributed by atoms with Gasteiger partial charge in [-0.1, -0.05) is 32.0 Å². The molecular formula is C20H33N. The van der Waals surface area contributed by atoms with E-state index in [1.54, 1.807) is 5.56 Å².